The Morgan fingerprint density at radius 1 is 1.50 bits per heavy atom. The van der Waals surface area contributed by atoms with Gasteiger partial charge < -0.3 is 0 Å². The molecule has 1 aromatic rings. The van der Waals surface area contributed by atoms with Crippen LogP contribution in [0, 0.1) is 6.07 Å². The van der Waals surface area contributed by atoms with Crippen molar-refractivity contribution in [1.82, 2.24) is 4.31 Å². The van der Waals surface area contributed by atoms with Crippen molar-refractivity contribution >= 4 is 26.0 Å². The highest BCUT2D eigenvalue weighted by molar-refractivity contribution is 9.10. The Morgan fingerprint density at radius 3 is 2.75 bits per heavy atom. The lowest BCUT2D eigenvalue weighted by molar-refractivity contribution is 0.343. The van der Waals surface area contributed by atoms with E-state index in [1.165, 1.54) is 16.4 Å². The van der Waals surface area contributed by atoms with Crippen LogP contribution in [0.1, 0.15) is 6.42 Å². The molecule has 0 aromatic heterocycles. The summed E-state index contributed by atoms with van der Waals surface area (Å²) < 4.78 is 38.9. The molecule has 1 saturated heterocycles. The molecule has 87 valence electrons. The van der Waals surface area contributed by atoms with Gasteiger partial charge >= 0.3 is 0 Å². The lowest BCUT2D eigenvalue weighted by atomic mass is 10.4. The van der Waals surface area contributed by atoms with Gasteiger partial charge in [0, 0.05) is 17.6 Å². The van der Waals surface area contributed by atoms with Crippen molar-refractivity contribution in [2.45, 2.75) is 17.5 Å². The van der Waals surface area contributed by atoms with Crippen molar-refractivity contribution in [3.05, 3.63) is 28.7 Å². The van der Waals surface area contributed by atoms with Crippen LogP contribution >= 0.6 is 15.9 Å². The minimum atomic E-state index is -3.55. The Hall–Kier alpha value is -0.460. The largest absolute Gasteiger partial charge is 0.246 e. The van der Waals surface area contributed by atoms with Crippen LogP contribution in [0.3, 0.4) is 0 Å². The fraction of sp³-hybridized carbons (Fsp3) is 0.400. The first-order valence-electron chi connectivity index (χ1n) is 4.81. The molecule has 1 radical (unpaired) electrons. The molecule has 6 heteroatoms. The maximum atomic E-state index is 13.0. The van der Waals surface area contributed by atoms with Crippen molar-refractivity contribution in [3.63, 3.8) is 0 Å². The van der Waals surface area contributed by atoms with Gasteiger partial charge in [0.1, 0.15) is 6.17 Å². The quantitative estimate of drug-likeness (QED) is 0.838. The van der Waals surface area contributed by atoms with E-state index in [1.54, 1.807) is 6.07 Å². The van der Waals surface area contributed by atoms with Crippen LogP contribution in [-0.4, -0.2) is 32.0 Å². The van der Waals surface area contributed by atoms with Gasteiger partial charge in [0.25, 0.3) is 0 Å². The van der Waals surface area contributed by atoms with Gasteiger partial charge in [-0.3, -0.25) is 0 Å². The summed E-state index contributed by atoms with van der Waals surface area (Å²) in [6, 6.07) is 7.25. The zero-order valence-corrected chi connectivity index (χ0v) is 10.8. The predicted octanol–water partition coefficient (Wildman–Crippen LogP) is 1.98. The van der Waals surface area contributed by atoms with E-state index in [9.17, 15) is 12.8 Å². The van der Waals surface area contributed by atoms with E-state index in [0.29, 0.717) is 4.47 Å². The van der Waals surface area contributed by atoms with Gasteiger partial charge in [-0.05, 0) is 30.7 Å². The molecule has 3 nitrogen and oxygen atoms in total. The Balaban J connectivity index is 2.29. The highest BCUT2D eigenvalue weighted by atomic mass is 79.9. The maximum absolute atomic E-state index is 13.0. The highest BCUT2D eigenvalue weighted by Crippen LogP contribution is 2.23. The molecule has 1 atom stereocenters. The number of nitrogens with zero attached hydrogens (tertiary/aromatic N) is 1. The molecular weight excluding hydrogens is 297 g/mol. The molecular formula is C10H10BrFNO2S. The topological polar surface area (TPSA) is 37.4 Å². The summed E-state index contributed by atoms with van der Waals surface area (Å²) in [7, 11) is -3.55. The van der Waals surface area contributed by atoms with Gasteiger partial charge in [0.15, 0.2) is 0 Å². The molecule has 2 rings (SSSR count). The van der Waals surface area contributed by atoms with E-state index in [-0.39, 0.29) is 24.4 Å². The van der Waals surface area contributed by atoms with Gasteiger partial charge in [-0.1, -0.05) is 15.9 Å². The van der Waals surface area contributed by atoms with Gasteiger partial charge in [-0.25, -0.2) is 12.8 Å². The van der Waals surface area contributed by atoms with Crippen molar-refractivity contribution in [2.24, 2.45) is 0 Å². The van der Waals surface area contributed by atoms with E-state index in [4.69, 9.17) is 0 Å². The van der Waals surface area contributed by atoms with Crippen LogP contribution in [-0.2, 0) is 10.0 Å². The lowest BCUT2D eigenvalue weighted by Gasteiger charge is -2.15. The molecule has 0 unspecified atom stereocenters. The molecule has 0 bridgehead atoms. The second kappa shape index (κ2) is 4.43. The molecule has 1 aliphatic rings. The molecule has 0 amide bonds. The number of hydrogen-bond donors (Lipinski definition) is 0. The zero-order chi connectivity index (χ0) is 11.8. The SMILES string of the molecule is O=S(=O)(c1c[c]c(Br)cc1)N1CC[C@H](F)C1. The lowest BCUT2D eigenvalue weighted by Crippen LogP contribution is -2.29. The second-order valence-electron chi connectivity index (χ2n) is 3.62. The normalized spacial score (nSPS) is 22.5. The molecule has 0 aliphatic carbocycles. The van der Waals surface area contributed by atoms with Crippen LogP contribution in [0.2, 0.25) is 0 Å². The summed E-state index contributed by atoms with van der Waals surface area (Å²) >= 11 is 3.18. The molecule has 1 aliphatic heterocycles. The first kappa shape index (κ1) is 12.0. The van der Waals surface area contributed by atoms with Gasteiger partial charge in [0.2, 0.25) is 10.0 Å². The molecule has 1 fully saturated rings. The summed E-state index contributed by atoms with van der Waals surface area (Å²) in [4.78, 5) is 0.157. The number of rotatable bonds is 2. The van der Waals surface area contributed by atoms with Crippen molar-refractivity contribution in [1.29, 1.82) is 0 Å². The number of sulfonamides is 1. The second-order valence-corrected chi connectivity index (χ2v) is 6.41. The van der Waals surface area contributed by atoms with E-state index < -0.39 is 16.2 Å². The third-order valence-electron chi connectivity index (χ3n) is 2.48. The number of alkyl halides is 1. The summed E-state index contributed by atoms with van der Waals surface area (Å²) in [5.74, 6) is 0. The molecule has 1 aromatic carbocycles. The van der Waals surface area contributed by atoms with Crippen molar-refractivity contribution in [2.75, 3.05) is 13.1 Å². The Kier molecular flexibility index (Phi) is 3.32. The molecule has 16 heavy (non-hydrogen) atoms. The maximum Gasteiger partial charge on any atom is 0.243 e. The smallest absolute Gasteiger partial charge is 0.243 e. The fourth-order valence-corrected chi connectivity index (χ4v) is 3.30. The van der Waals surface area contributed by atoms with Gasteiger partial charge in [-0.15, -0.1) is 0 Å². The average Bonchev–Trinajstić information content (AvgIpc) is 2.66. The third-order valence-corrected chi connectivity index (χ3v) is 4.83. The van der Waals surface area contributed by atoms with E-state index in [1.807, 2.05) is 0 Å². The summed E-state index contributed by atoms with van der Waals surface area (Å²) in [6.45, 7) is 0.206. The van der Waals surface area contributed by atoms with Gasteiger partial charge in [-0.2, -0.15) is 4.31 Å². The summed E-state index contributed by atoms with van der Waals surface area (Å²) in [5, 5.41) is 0. The number of halogens is 2. The highest BCUT2D eigenvalue weighted by Gasteiger charge is 2.32. The predicted molar refractivity (Wildman–Crippen MR) is 61.2 cm³/mol. The molecule has 0 spiro atoms. The Bertz CT molecular complexity index is 474. The van der Waals surface area contributed by atoms with Crippen LogP contribution < -0.4 is 0 Å². The Labute approximate surface area is 102 Å². The first-order valence-corrected chi connectivity index (χ1v) is 7.05. The zero-order valence-electron chi connectivity index (χ0n) is 8.36. The van der Waals surface area contributed by atoms with Crippen molar-refractivity contribution < 1.29 is 12.8 Å². The van der Waals surface area contributed by atoms with Crippen LogP contribution in [0.5, 0.6) is 0 Å². The third kappa shape index (κ3) is 2.28. The van der Waals surface area contributed by atoms with E-state index in [0.717, 1.165) is 0 Å². The van der Waals surface area contributed by atoms with E-state index >= 15 is 0 Å². The average molecular weight is 307 g/mol. The standard InChI is InChI=1S/C10H10BrFNO2S/c11-8-1-3-10(4-2-8)16(14,15)13-6-5-9(12)7-13/h1,3-4,9H,5-7H2/t9-/m0/s1. The Morgan fingerprint density at radius 2 is 2.25 bits per heavy atom. The first-order chi connectivity index (χ1) is 7.50. The fourth-order valence-electron chi connectivity index (χ4n) is 1.61. The van der Waals surface area contributed by atoms with Crippen LogP contribution in [0.25, 0.3) is 0 Å². The number of hydrogen-bond acceptors (Lipinski definition) is 2. The van der Waals surface area contributed by atoms with Crippen LogP contribution in [0.15, 0.2) is 27.6 Å². The monoisotopic (exact) mass is 306 g/mol. The van der Waals surface area contributed by atoms with Gasteiger partial charge in [0.05, 0.1) is 4.90 Å². The summed E-state index contributed by atoms with van der Waals surface area (Å²) in [5.41, 5.74) is 0. The number of benzene rings is 1. The molecule has 0 saturated carbocycles. The molecule has 0 N–H and O–H groups in total. The summed E-state index contributed by atoms with van der Waals surface area (Å²) in [6.07, 6.45) is -0.770. The van der Waals surface area contributed by atoms with E-state index in [2.05, 4.69) is 22.0 Å². The minimum Gasteiger partial charge on any atom is -0.246 e. The molecule has 1 heterocycles. The van der Waals surface area contributed by atoms with Crippen molar-refractivity contribution in [3.8, 4) is 0 Å². The minimum absolute atomic E-state index is 0.0433. The van der Waals surface area contributed by atoms with Crippen LogP contribution in [0.4, 0.5) is 4.39 Å².